The van der Waals surface area contributed by atoms with E-state index in [9.17, 15) is 4.79 Å². The number of nitrogens with zero attached hydrogens (tertiary/aromatic N) is 1. The lowest BCUT2D eigenvalue weighted by molar-refractivity contribution is -0.133. The molecular weight excluding hydrogens is 240 g/mol. The zero-order chi connectivity index (χ0) is 13.1. The largest absolute Gasteiger partial charge is 0.383 e. The summed E-state index contributed by atoms with van der Waals surface area (Å²) in [6, 6.07) is -0.420. The van der Waals surface area contributed by atoms with Crippen molar-refractivity contribution < 1.29 is 14.3 Å². The summed E-state index contributed by atoms with van der Waals surface area (Å²) >= 11 is 1.69. The van der Waals surface area contributed by atoms with E-state index in [0.717, 1.165) is 5.75 Å². The lowest BCUT2D eigenvalue weighted by atomic mass is 10.2. The van der Waals surface area contributed by atoms with Gasteiger partial charge in [-0.1, -0.05) is 0 Å². The molecule has 0 heterocycles. The van der Waals surface area contributed by atoms with Crippen LogP contribution in [-0.2, 0) is 14.3 Å². The molecule has 1 amide bonds. The van der Waals surface area contributed by atoms with Gasteiger partial charge in [-0.15, -0.1) is 0 Å². The fraction of sp³-hybridized carbons (Fsp3) is 0.909. The van der Waals surface area contributed by atoms with Gasteiger partial charge in [0.2, 0.25) is 5.91 Å². The summed E-state index contributed by atoms with van der Waals surface area (Å²) in [7, 11) is 3.24. The van der Waals surface area contributed by atoms with Gasteiger partial charge in [-0.2, -0.15) is 11.8 Å². The van der Waals surface area contributed by atoms with Crippen LogP contribution >= 0.6 is 11.8 Å². The van der Waals surface area contributed by atoms with Crippen LogP contribution in [-0.4, -0.2) is 69.4 Å². The SMILES string of the molecule is COCCN(CCOC)C(=O)[C@@H](N)CCSC. The Morgan fingerprint density at radius 3 is 2.24 bits per heavy atom. The molecule has 0 radical (unpaired) electrons. The van der Waals surface area contributed by atoms with Crippen LogP contribution in [0.25, 0.3) is 0 Å². The number of methoxy groups -OCH3 is 2. The maximum absolute atomic E-state index is 12.0. The molecule has 0 fully saturated rings. The molecule has 0 bridgehead atoms. The maximum Gasteiger partial charge on any atom is 0.239 e. The Morgan fingerprint density at radius 1 is 1.29 bits per heavy atom. The van der Waals surface area contributed by atoms with Gasteiger partial charge in [0.15, 0.2) is 0 Å². The second-order valence-corrected chi connectivity index (χ2v) is 4.68. The molecule has 0 aliphatic rings. The van der Waals surface area contributed by atoms with E-state index in [1.807, 2.05) is 6.26 Å². The topological polar surface area (TPSA) is 64.8 Å². The minimum atomic E-state index is -0.420. The summed E-state index contributed by atoms with van der Waals surface area (Å²) in [5.41, 5.74) is 5.86. The van der Waals surface area contributed by atoms with Gasteiger partial charge in [0.05, 0.1) is 19.3 Å². The van der Waals surface area contributed by atoms with Crippen molar-refractivity contribution in [1.29, 1.82) is 0 Å². The third-order valence-electron chi connectivity index (χ3n) is 2.39. The summed E-state index contributed by atoms with van der Waals surface area (Å²) in [5, 5.41) is 0. The third-order valence-corrected chi connectivity index (χ3v) is 3.04. The molecular formula is C11H24N2O3S. The third kappa shape index (κ3) is 7.59. The highest BCUT2D eigenvalue weighted by molar-refractivity contribution is 7.98. The van der Waals surface area contributed by atoms with Crippen LogP contribution in [0.15, 0.2) is 0 Å². The predicted molar refractivity (Wildman–Crippen MR) is 71.3 cm³/mol. The molecule has 6 heteroatoms. The van der Waals surface area contributed by atoms with Crippen molar-refractivity contribution in [2.45, 2.75) is 12.5 Å². The maximum atomic E-state index is 12.0. The molecule has 0 aromatic carbocycles. The Hall–Kier alpha value is -0.300. The molecule has 102 valence electrons. The van der Waals surface area contributed by atoms with E-state index in [0.29, 0.717) is 32.7 Å². The lowest BCUT2D eigenvalue weighted by Crippen LogP contribution is -2.46. The molecule has 17 heavy (non-hydrogen) atoms. The Balaban J connectivity index is 4.18. The van der Waals surface area contributed by atoms with E-state index in [1.165, 1.54) is 0 Å². The van der Waals surface area contributed by atoms with E-state index in [4.69, 9.17) is 15.2 Å². The number of hydrogen-bond donors (Lipinski definition) is 1. The van der Waals surface area contributed by atoms with Crippen LogP contribution in [0.3, 0.4) is 0 Å². The highest BCUT2D eigenvalue weighted by atomic mass is 32.2. The number of amides is 1. The van der Waals surface area contributed by atoms with Gasteiger partial charge in [-0.3, -0.25) is 4.79 Å². The standard InChI is InChI=1S/C11H24N2O3S/c1-15-7-5-13(6-8-16-2)11(14)10(12)4-9-17-3/h10H,4-9,12H2,1-3H3/t10-/m0/s1. The Morgan fingerprint density at radius 2 is 1.82 bits per heavy atom. The quantitative estimate of drug-likeness (QED) is 0.610. The number of rotatable bonds is 10. The molecule has 0 aromatic heterocycles. The van der Waals surface area contributed by atoms with Crippen LogP contribution < -0.4 is 5.73 Å². The normalized spacial score (nSPS) is 12.5. The number of hydrogen-bond acceptors (Lipinski definition) is 5. The van der Waals surface area contributed by atoms with Crippen LogP contribution in [0.1, 0.15) is 6.42 Å². The van der Waals surface area contributed by atoms with Gasteiger partial charge >= 0.3 is 0 Å². The molecule has 0 spiro atoms. The number of ether oxygens (including phenoxy) is 2. The van der Waals surface area contributed by atoms with Gasteiger partial charge in [-0.05, 0) is 18.4 Å². The van der Waals surface area contributed by atoms with Crippen molar-refractivity contribution in [3.05, 3.63) is 0 Å². The molecule has 0 saturated carbocycles. The minimum absolute atomic E-state index is 0.0202. The van der Waals surface area contributed by atoms with Crippen molar-refractivity contribution in [3.63, 3.8) is 0 Å². The van der Waals surface area contributed by atoms with E-state index in [-0.39, 0.29) is 5.91 Å². The van der Waals surface area contributed by atoms with Gasteiger partial charge in [0.1, 0.15) is 0 Å². The highest BCUT2D eigenvalue weighted by Gasteiger charge is 2.19. The molecule has 0 unspecified atom stereocenters. The van der Waals surface area contributed by atoms with Crippen molar-refractivity contribution >= 4 is 17.7 Å². The van der Waals surface area contributed by atoms with Crippen molar-refractivity contribution in [1.82, 2.24) is 4.90 Å². The number of carbonyl (C=O) groups excluding carboxylic acids is 1. The summed E-state index contributed by atoms with van der Waals surface area (Å²) < 4.78 is 9.97. The molecule has 0 rings (SSSR count). The van der Waals surface area contributed by atoms with Gasteiger partial charge < -0.3 is 20.1 Å². The van der Waals surface area contributed by atoms with E-state index in [1.54, 1.807) is 30.9 Å². The molecule has 0 aliphatic heterocycles. The first-order valence-electron chi connectivity index (χ1n) is 5.68. The van der Waals surface area contributed by atoms with Crippen LogP contribution in [0.5, 0.6) is 0 Å². The Labute approximate surface area is 108 Å². The monoisotopic (exact) mass is 264 g/mol. The summed E-state index contributed by atoms with van der Waals surface area (Å²) in [6.45, 7) is 2.16. The number of nitrogens with two attached hydrogens (primary N) is 1. The first-order chi connectivity index (χ1) is 8.17. The number of thioether (sulfide) groups is 1. The molecule has 0 aliphatic carbocycles. The van der Waals surface area contributed by atoms with Crippen molar-refractivity contribution in [2.24, 2.45) is 5.73 Å². The zero-order valence-corrected chi connectivity index (χ0v) is 11.8. The average Bonchev–Trinajstić information content (AvgIpc) is 2.35. The van der Waals surface area contributed by atoms with E-state index in [2.05, 4.69) is 0 Å². The molecule has 5 nitrogen and oxygen atoms in total. The second-order valence-electron chi connectivity index (χ2n) is 3.70. The van der Waals surface area contributed by atoms with Crippen molar-refractivity contribution in [3.8, 4) is 0 Å². The molecule has 0 saturated heterocycles. The van der Waals surface area contributed by atoms with Crippen molar-refractivity contribution in [2.75, 3.05) is 52.5 Å². The summed E-state index contributed by atoms with van der Waals surface area (Å²) in [5.74, 6) is 0.878. The first kappa shape index (κ1) is 16.7. The fourth-order valence-electron chi connectivity index (χ4n) is 1.34. The molecule has 2 N–H and O–H groups in total. The lowest BCUT2D eigenvalue weighted by Gasteiger charge is -2.25. The smallest absolute Gasteiger partial charge is 0.239 e. The van der Waals surface area contributed by atoms with Crippen LogP contribution in [0.4, 0.5) is 0 Å². The zero-order valence-electron chi connectivity index (χ0n) is 11.0. The molecule has 1 atom stereocenters. The van der Waals surface area contributed by atoms with Gasteiger partial charge in [0, 0.05) is 27.3 Å². The fourth-order valence-corrected chi connectivity index (χ4v) is 1.83. The number of carbonyl (C=O) groups is 1. The summed E-state index contributed by atoms with van der Waals surface area (Å²) in [4.78, 5) is 13.7. The van der Waals surface area contributed by atoms with Gasteiger partial charge in [0.25, 0.3) is 0 Å². The first-order valence-corrected chi connectivity index (χ1v) is 7.08. The second kappa shape index (κ2) is 10.8. The minimum Gasteiger partial charge on any atom is -0.383 e. The highest BCUT2D eigenvalue weighted by Crippen LogP contribution is 2.03. The van der Waals surface area contributed by atoms with E-state index < -0.39 is 6.04 Å². The van der Waals surface area contributed by atoms with Gasteiger partial charge in [-0.25, -0.2) is 0 Å². The molecule has 0 aromatic rings. The van der Waals surface area contributed by atoms with Crippen LogP contribution in [0, 0.1) is 0 Å². The summed E-state index contributed by atoms with van der Waals surface area (Å²) in [6.07, 6.45) is 2.71. The Kier molecular flexibility index (Phi) is 10.6. The average molecular weight is 264 g/mol. The Bertz CT molecular complexity index is 197. The predicted octanol–water partition coefficient (Wildman–Crippen LogP) is 0.188. The van der Waals surface area contributed by atoms with E-state index >= 15 is 0 Å². The van der Waals surface area contributed by atoms with Crippen LogP contribution in [0.2, 0.25) is 0 Å².